The lowest BCUT2D eigenvalue weighted by atomic mass is 10.0. The van der Waals surface area contributed by atoms with Crippen LogP contribution in [0.4, 0.5) is 18.9 Å². The summed E-state index contributed by atoms with van der Waals surface area (Å²) in [4.78, 5) is 13.6. The summed E-state index contributed by atoms with van der Waals surface area (Å²) >= 11 is 7.99. The van der Waals surface area contributed by atoms with Gasteiger partial charge < -0.3 is 10.2 Å². The van der Waals surface area contributed by atoms with Crippen molar-refractivity contribution in [1.82, 2.24) is 4.90 Å². The Morgan fingerprint density at radius 2 is 2.00 bits per heavy atom. The minimum absolute atomic E-state index is 0.0216. The fourth-order valence-corrected chi connectivity index (χ4v) is 4.13. The maximum Gasteiger partial charge on any atom is 0.471 e. The minimum atomic E-state index is -4.84. The number of benzene rings is 1. The fourth-order valence-electron chi connectivity index (χ4n) is 3.16. The summed E-state index contributed by atoms with van der Waals surface area (Å²) in [6.07, 6.45) is -4.14. The quantitative estimate of drug-likeness (QED) is 0.777. The Morgan fingerprint density at radius 3 is 2.65 bits per heavy atom. The highest BCUT2D eigenvalue weighted by atomic mass is 35.5. The van der Waals surface area contributed by atoms with Crippen molar-refractivity contribution in [3.63, 3.8) is 0 Å². The molecule has 1 N–H and O–H groups in total. The summed E-state index contributed by atoms with van der Waals surface area (Å²) in [6, 6.07) is 7.59. The normalized spacial score (nSPS) is 16.0. The number of rotatable bonds is 3. The number of nitrogens with zero attached hydrogens (tertiary/aromatic N) is 1. The van der Waals surface area contributed by atoms with Crippen molar-refractivity contribution in [3.8, 4) is 0 Å². The summed E-state index contributed by atoms with van der Waals surface area (Å²) in [5, 5.41) is 5.91. The predicted molar refractivity (Wildman–Crippen MR) is 97.9 cm³/mol. The summed E-state index contributed by atoms with van der Waals surface area (Å²) in [5.74, 6) is -1.78. The van der Waals surface area contributed by atoms with Gasteiger partial charge >= 0.3 is 12.1 Å². The number of nitrogens with one attached hydrogen (secondary N) is 1. The van der Waals surface area contributed by atoms with Gasteiger partial charge in [-0.2, -0.15) is 13.2 Å². The summed E-state index contributed by atoms with van der Waals surface area (Å²) < 4.78 is 38.2. The van der Waals surface area contributed by atoms with Crippen LogP contribution in [0, 0.1) is 0 Å². The number of amides is 1. The number of hydrogen-bond acceptors (Lipinski definition) is 3. The van der Waals surface area contributed by atoms with Crippen molar-refractivity contribution < 1.29 is 18.0 Å². The number of halogens is 4. The molecule has 1 aromatic heterocycles. The zero-order valence-corrected chi connectivity index (χ0v) is 15.6. The van der Waals surface area contributed by atoms with Gasteiger partial charge in [-0.25, -0.2) is 0 Å². The van der Waals surface area contributed by atoms with Gasteiger partial charge in [0.1, 0.15) is 0 Å². The van der Waals surface area contributed by atoms with Crippen LogP contribution in [0.3, 0.4) is 0 Å². The van der Waals surface area contributed by atoms with Crippen LogP contribution >= 0.6 is 22.9 Å². The third kappa shape index (κ3) is 3.99. The molecule has 1 atom stereocenters. The van der Waals surface area contributed by atoms with Gasteiger partial charge in [0.2, 0.25) is 0 Å². The number of thiophene rings is 1. The zero-order chi connectivity index (χ0) is 18.9. The number of alkyl halides is 3. The van der Waals surface area contributed by atoms with Gasteiger partial charge in [0.25, 0.3) is 0 Å². The van der Waals surface area contributed by atoms with Crippen molar-refractivity contribution in [2.24, 2.45) is 0 Å². The molecule has 0 spiro atoms. The Kier molecular flexibility index (Phi) is 5.48. The van der Waals surface area contributed by atoms with Crippen LogP contribution in [0.25, 0.3) is 0 Å². The molecule has 0 fully saturated rings. The maximum absolute atomic E-state index is 12.7. The highest BCUT2D eigenvalue weighted by molar-refractivity contribution is 7.10. The first-order chi connectivity index (χ1) is 12.3. The molecule has 3 nitrogen and oxygen atoms in total. The van der Waals surface area contributed by atoms with Crippen molar-refractivity contribution in [1.29, 1.82) is 0 Å². The monoisotopic (exact) mass is 402 g/mol. The molecule has 1 aliphatic rings. The van der Waals surface area contributed by atoms with E-state index in [1.807, 2.05) is 30.5 Å². The van der Waals surface area contributed by atoms with Crippen LogP contribution in [0.1, 0.15) is 29.0 Å². The number of fused-ring (bicyclic) bond motifs is 1. The molecule has 2 aromatic rings. The number of carbonyl (C=O) groups is 1. The summed E-state index contributed by atoms with van der Waals surface area (Å²) in [7, 11) is 0. The molecule has 2 heterocycles. The molecule has 0 aliphatic carbocycles. The third-order valence-corrected chi connectivity index (χ3v) is 5.87. The summed E-state index contributed by atoms with van der Waals surface area (Å²) in [5.41, 5.74) is 2.55. The van der Waals surface area contributed by atoms with Crippen molar-refractivity contribution in [2.45, 2.75) is 32.0 Å². The lowest BCUT2D eigenvalue weighted by Gasteiger charge is -2.22. The lowest BCUT2D eigenvalue weighted by Crippen LogP contribution is -2.42. The Bertz CT molecular complexity index is 792. The van der Waals surface area contributed by atoms with Crippen LogP contribution in [-0.4, -0.2) is 30.1 Å². The molecule has 1 aromatic carbocycles. The predicted octanol–water partition coefficient (Wildman–Crippen LogP) is 5.06. The van der Waals surface area contributed by atoms with Crippen LogP contribution < -0.4 is 5.32 Å². The second kappa shape index (κ2) is 7.48. The molecule has 1 aliphatic heterocycles. The molecule has 8 heteroatoms. The van der Waals surface area contributed by atoms with E-state index in [1.54, 1.807) is 17.4 Å². The highest BCUT2D eigenvalue weighted by Crippen LogP contribution is 2.35. The largest absolute Gasteiger partial charge is 0.471 e. The average Bonchev–Trinajstić information content (AvgIpc) is 3.03. The van der Waals surface area contributed by atoms with Crippen molar-refractivity contribution >= 4 is 34.5 Å². The van der Waals surface area contributed by atoms with E-state index in [-0.39, 0.29) is 19.1 Å². The van der Waals surface area contributed by atoms with E-state index >= 15 is 0 Å². The first kappa shape index (κ1) is 19.0. The SMILES string of the molecule is CC(Nc1c(Cl)ccc2c1CCN(C(=O)C(F)(F)F)CC2)c1cccs1. The van der Waals surface area contributed by atoms with Crippen molar-refractivity contribution in [3.05, 3.63) is 50.7 Å². The molecular weight excluding hydrogens is 385 g/mol. The Morgan fingerprint density at radius 1 is 1.27 bits per heavy atom. The molecule has 0 radical (unpaired) electrons. The first-order valence-corrected chi connectivity index (χ1v) is 9.49. The van der Waals surface area contributed by atoms with Gasteiger partial charge in [-0.05, 0) is 48.4 Å². The molecular formula is C18H18ClF3N2OS. The van der Waals surface area contributed by atoms with Crippen LogP contribution in [0.5, 0.6) is 0 Å². The molecule has 0 bridgehead atoms. The van der Waals surface area contributed by atoms with Crippen LogP contribution in [0.2, 0.25) is 5.02 Å². The topological polar surface area (TPSA) is 32.3 Å². The van der Waals surface area contributed by atoms with E-state index in [0.29, 0.717) is 17.9 Å². The maximum atomic E-state index is 12.7. The Balaban J connectivity index is 1.84. The van der Waals surface area contributed by atoms with Gasteiger partial charge in [-0.3, -0.25) is 4.79 Å². The fraction of sp³-hybridized carbons (Fsp3) is 0.389. The minimum Gasteiger partial charge on any atom is -0.376 e. The number of carbonyl (C=O) groups excluding carboxylic acids is 1. The van der Waals surface area contributed by atoms with E-state index in [0.717, 1.165) is 26.6 Å². The molecule has 3 rings (SSSR count). The average molecular weight is 403 g/mol. The van der Waals surface area contributed by atoms with Gasteiger partial charge in [-0.1, -0.05) is 23.7 Å². The standard InChI is InChI=1S/C18H18ClF3N2OS/c1-11(15-3-2-10-26-15)23-16-13-7-9-24(17(25)18(20,21)22)8-6-12(13)4-5-14(16)19/h2-5,10-11,23H,6-9H2,1H3. The number of hydrogen-bond donors (Lipinski definition) is 1. The number of anilines is 1. The van der Waals surface area contributed by atoms with Gasteiger partial charge in [-0.15, -0.1) is 11.3 Å². The smallest absolute Gasteiger partial charge is 0.376 e. The highest BCUT2D eigenvalue weighted by Gasteiger charge is 2.42. The van der Waals surface area contributed by atoms with E-state index in [4.69, 9.17) is 11.6 Å². The first-order valence-electron chi connectivity index (χ1n) is 8.23. The van der Waals surface area contributed by atoms with Crippen LogP contribution in [0.15, 0.2) is 29.6 Å². The van der Waals surface area contributed by atoms with E-state index in [9.17, 15) is 18.0 Å². The van der Waals surface area contributed by atoms with Crippen molar-refractivity contribution in [2.75, 3.05) is 18.4 Å². The van der Waals surface area contributed by atoms with Gasteiger partial charge in [0.15, 0.2) is 0 Å². The molecule has 26 heavy (non-hydrogen) atoms. The van der Waals surface area contributed by atoms with Gasteiger partial charge in [0.05, 0.1) is 16.8 Å². The zero-order valence-electron chi connectivity index (χ0n) is 14.1. The molecule has 140 valence electrons. The second-order valence-electron chi connectivity index (χ2n) is 6.23. The third-order valence-electron chi connectivity index (χ3n) is 4.50. The Hall–Kier alpha value is -1.73. The lowest BCUT2D eigenvalue weighted by molar-refractivity contribution is -0.185. The molecule has 0 saturated carbocycles. The van der Waals surface area contributed by atoms with E-state index in [2.05, 4.69) is 5.32 Å². The Labute approximate surface area is 158 Å². The molecule has 1 unspecified atom stereocenters. The molecule has 0 saturated heterocycles. The summed E-state index contributed by atoms with van der Waals surface area (Å²) in [6.45, 7) is 2.08. The van der Waals surface area contributed by atoms with E-state index < -0.39 is 12.1 Å². The molecule has 1 amide bonds. The van der Waals surface area contributed by atoms with Crippen LogP contribution in [-0.2, 0) is 17.6 Å². The van der Waals surface area contributed by atoms with E-state index in [1.165, 1.54) is 0 Å². The second-order valence-corrected chi connectivity index (χ2v) is 7.62. The van der Waals surface area contributed by atoms with Gasteiger partial charge in [0, 0.05) is 18.0 Å².